The maximum Gasteiger partial charge on any atom is 0.191 e. The van der Waals surface area contributed by atoms with Gasteiger partial charge in [-0.1, -0.05) is 38.1 Å². The van der Waals surface area contributed by atoms with Crippen LogP contribution in [0.5, 0.6) is 0 Å². The second-order valence-electron chi connectivity index (χ2n) is 7.65. The first-order chi connectivity index (χ1) is 13.4. The topological polar surface area (TPSA) is 52.6 Å². The molecule has 0 radical (unpaired) electrons. The van der Waals surface area contributed by atoms with Crippen LogP contribution in [0, 0.1) is 0 Å². The van der Waals surface area contributed by atoms with Gasteiger partial charge in [-0.05, 0) is 44.9 Å². The quantitative estimate of drug-likeness (QED) is 0.273. The van der Waals surface area contributed by atoms with E-state index in [1.807, 2.05) is 0 Å². The van der Waals surface area contributed by atoms with E-state index < -0.39 is 0 Å². The van der Waals surface area contributed by atoms with Crippen molar-refractivity contribution in [2.24, 2.45) is 4.99 Å². The van der Waals surface area contributed by atoms with E-state index >= 15 is 0 Å². The van der Waals surface area contributed by atoms with Gasteiger partial charge in [0, 0.05) is 24.5 Å². The van der Waals surface area contributed by atoms with Crippen LogP contribution in [0.2, 0.25) is 0 Å². The van der Waals surface area contributed by atoms with E-state index in [0.717, 1.165) is 29.8 Å². The normalized spacial score (nSPS) is 11.8. The van der Waals surface area contributed by atoms with Crippen LogP contribution in [0.25, 0.3) is 0 Å². The number of nitrogens with zero attached hydrogens (tertiary/aromatic N) is 3. The molecule has 0 saturated heterocycles. The van der Waals surface area contributed by atoms with Crippen molar-refractivity contribution in [3.8, 4) is 0 Å². The molecule has 162 valence electrons. The van der Waals surface area contributed by atoms with Crippen LogP contribution < -0.4 is 10.6 Å². The van der Waals surface area contributed by atoms with Gasteiger partial charge in [-0.3, -0.25) is 4.90 Å². The van der Waals surface area contributed by atoms with E-state index in [9.17, 15) is 0 Å². The highest BCUT2D eigenvalue weighted by atomic mass is 127. The fourth-order valence-electron chi connectivity index (χ4n) is 2.65. The van der Waals surface area contributed by atoms with Gasteiger partial charge in [-0.15, -0.1) is 35.3 Å². The number of hydrogen-bond donors (Lipinski definition) is 2. The van der Waals surface area contributed by atoms with E-state index in [-0.39, 0.29) is 24.0 Å². The highest BCUT2D eigenvalue weighted by Gasteiger charge is 2.09. The van der Waals surface area contributed by atoms with Gasteiger partial charge in [-0.25, -0.2) is 9.98 Å². The summed E-state index contributed by atoms with van der Waals surface area (Å²) in [4.78, 5) is 11.8. The van der Waals surface area contributed by atoms with Crippen molar-refractivity contribution in [3.63, 3.8) is 0 Å². The fourth-order valence-corrected chi connectivity index (χ4v) is 3.55. The molecule has 0 unspecified atom stereocenters. The minimum absolute atomic E-state index is 0. The molecule has 5 nitrogen and oxygen atoms in total. The molecule has 29 heavy (non-hydrogen) atoms. The number of rotatable bonds is 9. The molecule has 0 aliphatic carbocycles. The highest BCUT2D eigenvalue weighted by Crippen LogP contribution is 2.17. The van der Waals surface area contributed by atoms with Gasteiger partial charge in [0.1, 0.15) is 5.01 Å². The lowest BCUT2D eigenvalue weighted by molar-refractivity contribution is 0.265. The Morgan fingerprint density at radius 2 is 1.83 bits per heavy atom. The predicted molar refractivity (Wildman–Crippen MR) is 136 cm³/mol. The zero-order valence-corrected chi connectivity index (χ0v) is 21.7. The molecule has 2 aromatic rings. The van der Waals surface area contributed by atoms with E-state index in [2.05, 4.69) is 86.8 Å². The number of guanidine groups is 1. The van der Waals surface area contributed by atoms with Crippen LogP contribution in [0.1, 0.15) is 62.4 Å². The molecule has 0 fully saturated rings. The number of thiazole rings is 1. The smallest absolute Gasteiger partial charge is 0.191 e. The molecular formula is C22H36IN5S. The first-order valence-corrected chi connectivity index (χ1v) is 11.0. The second kappa shape index (κ2) is 13.2. The van der Waals surface area contributed by atoms with Crippen molar-refractivity contribution in [1.29, 1.82) is 0 Å². The summed E-state index contributed by atoms with van der Waals surface area (Å²) in [5.41, 5.74) is 3.76. The minimum atomic E-state index is 0. The van der Waals surface area contributed by atoms with Crippen LogP contribution >= 0.6 is 35.3 Å². The van der Waals surface area contributed by atoms with Crippen LogP contribution in [0.3, 0.4) is 0 Å². The Labute approximate surface area is 197 Å². The molecule has 0 aliphatic heterocycles. The summed E-state index contributed by atoms with van der Waals surface area (Å²) in [6.45, 7) is 14.0. The first kappa shape index (κ1) is 25.8. The Kier molecular flexibility index (Phi) is 11.7. The van der Waals surface area contributed by atoms with Crippen molar-refractivity contribution in [2.45, 2.75) is 66.2 Å². The molecule has 7 heteroatoms. The summed E-state index contributed by atoms with van der Waals surface area (Å²) < 4.78 is 0. The zero-order chi connectivity index (χ0) is 20.5. The minimum Gasteiger partial charge on any atom is -0.357 e. The van der Waals surface area contributed by atoms with Gasteiger partial charge in [0.2, 0.25) is 0 Å². The van der Waals surface area contributed by atoms with Crippen molar-refractivity contribution in [1.82, 2.24) is 20.5 Å². The zero-order valence-electron chi connectivity index (χ0n) is 18.5. The Hall–Kier alpha value is -1.19. The second-order valence-corrected chi connectivity index (χ2v) is 8.59. The lowest BCUT2D eigenvalue weighted by Gasteiger charge is -2.22. The number of nitrogens with one attached hydrogen (secondary N) is 2. The van der Waals surface area contributed by atoms with Crippen LogP contribution in [0.4, 0.5) is 0 Å². The largest absolute Gasteiger partial charge is 0.357 e. The summed E-state index contributed by atoms with van der Waals surface area (Å²) in [5, 5.41) is 9.99. The summed E-state index contributed by atoms with van der Waals surface area (Å²) in [6, 6.07) is 9.09. The number of aliphatic imine (C=N–C) groups is 1. The van der Waals surface area contributed by atoms with Crippen molar-refractivity contribution in [3.05, 3.63) is 51.5 Å². The molecule has 0 aliphatic rings. The molecule has 1 aromatic heterocycles. The van der Waals surface area contributed by atoms with Crippen molar-refractivity contribution < 1.29 is 0 Å². The van der Waals surface area contributed by atoms with Crippen LogP contribution in [0.15, 0.2) is 34.6 Å². The molecule has 1 heterocycles. The van der Waals surface area contributed by atoms with Gasteiger partial charge in [0.25, 0.3) is 0 Å². The Bertz CT molecular complexity index is 757. The first-order valence-electron chi connectivity index (χ1n) is 10.1. The molecule has 1 aromatic carbocycles. The molecule has 2 rings (SSSR count). The number of benzene rings is 1. The standard InChI is InChI=1S/C22H35N5S.HI/c1-7-23-22(25-13-21-26-20(15-28-21)16(2)3)24-12-18-10-8-9-11-19(18)14-27(6)17(4)5;/h8-11,15-17H,7,12-14H2,1-6H3,(H2,23,24,25);1H. The van der Waals surface area contributed by atoms with E-state index in [0.29, 0.717) is 25.0 Å². The van der Waals surface area contributed by atoms with Gasteiger partial charge in [0.15, 0.2) is 5.96 Å². The third kappa shape index (κ3) is 8.60. The molecule has 0 atom stereocenters. The maximum absolute atomic E-state index is 4.81. The van der Waals surface area contributed by atoms with E-state index in [1.54, 1.807) is 11.3 Å². The summed E-state index contributed by atoms with van der Waals surface area (Å²) in [6.07, 6.45) is 0. The average Bonchev–Trinajstić information content (AvgIpc) is 3.14. The van der Waals surface area contributed by atoms with Crippen molar-refractivity contribution >= 4 is 41.3 Å². The van der Waals surface area contributed by atoms with Gasteiger partial charge in [0.05, 0.1) is 18.8 Å². The monoisotopic (exact) mass is 529 g/mol. The van der Waals surface area contributed by atoms with E-state index in [4.69, 9.17) is 9.98 Å². The average molecular weight is 530 g/mol. The molecular weight excluding hydrogens is 493 g/mol. The third-order valence-electron chi connectivity index (χ3n) is 4.74. The molecule has 0 amide bonds. The Morgan fingerprint density at radius 1 is 1.14 bits per heavy atom. The Morgan fingerprint density at radius 3 is 2.41 bits per heavy atom. The molecule has 0 saturated carbocycles. The predicted octanol–water partition coefficient (Wildman–Crippen LogP) is 4.98. The Balaban J connectivity index is 0.00000420. The molecule has 0 spiro atoms. The summed E-state index contributed by atoms with van der Waals surface area (Å²) >= 11 is 1.70. The SMILES string of the molecule is CCNC(=NCc1ccccc1CN(C)C(C)C)NCc1nc(C(C)C)cs1.I. The van der Waals surface area contributed by atoms with Crippen LogP contribution in [-0.4, -0.2) is 35.5 Å². The van der Waals surface area contributed by atoms with Crippen LogP contribution in [-0.2, 0) is 19.6 Å². The summed E-state index contributed by atoms with van der Waals surface area (Å²) in [7, 11) is 2.16. The maximum atomic E-state index is 4.81. The molecule has 0 bridgehead atoms. The lowest BCUT2D eigenvalue weighted by atomic mass is 10.1. The van der Waals surface area contributed by atoms with E-state index in [1.165, 1.54) is 11.1 Å². The number of hydrogen-bond acceptors (Lipinski definition) is 4. The summed E-state index contributed by atoms with van der Waals surface area (Å²) in [5.74, 6) is 1.29. The number of halogens is 1. The molecule has 2 N–H and O–H groups in total. The van der Waals surface area contributed by atoms with Gasteiger partial charge >= 0.3 is 0 Å². The highest BCUT2D eigenvalue weighted by molar-refractivity contribution is 14.0. The third-order valence-corrected chi connectivity index (χ3v) is 5.61. The van der Waals surface area contributed by atoms with Gasteiger partial charge < -0.3 is 10.6 Å². The fraction of sp³-hybridized carbons (Fsp3) is 0.545. The number of aromatic nitrogens is 1. The lowest BCUT2D eigenvalue weighted by Crippen LogP contribution is -2.36. The van der Waals surface area contributed by atoms with Crippen molar-refractivity contribution in [2.75, 3.05) is 13.6 Å². The van der Waals surface area contributed by atoms with Gasteiger partial charge in [-0.2, -0.15) is 0 Å².